The summed E-state index contributed by atoms with van der Waals surface area (Å²) < 4.78 is 1.79. The van der Waals surface area contributed by atoms with Crippen molar-refractivity contribution < 1.29 is 4.79 Å². The Balaban J connectivity index is 1.19. The van der Waals surface area contributed by atoms with Gasteiger partial charge >= 0.3 is 0 Å². The molecule has 6 rings (SSSR count). The molecule has 10 heteroatoms. The number of carbonyl (C=O) groups excluding carboxylic acids is 1. The summed E-state index contributed by atoms with van der Waals surface area (Å²) in [4.78, 5) is 34.7. The van der Waals surface area contributed by atoms with Gasteiger partial charge in [-0.3, -0.25) is 9.48 Å². The zero-order valence-corrected chi connectivity index (χ0v) is 20.1. The normalized spacial score (nSPS) is 17.3. The number of amides is 1. The molecule has 0 saturated carbocycles. The summed E-state index contributed by atoms with van der Waals surface area (Å²) >= 11 is 0. The van der Waals surface area contributed by atoms with Gasteiger partial charge in [-0.05, 0) is 24.1 Å². The Hall–Kier alpha value is -4.34. The van der Waals surface area contributed by atoms with E-state index in [1.807, 2.05) is 31.7 Å². The number of hydrogen-bond donors (Lipinski definition) is 1. The van der Waals surface area contributed by atoms with E-state index in [-0.39, 0.29) is 11.9 Å². The van der Waals surface area contributed by atoms with Gasteiger partial charge in [-0.1, -0.05) is 18.7 Å². The number of benzene rings is 1. The largest absolute Gasteiger partial charge is 0.354 e. The van der Waals surface area contributed by atoms with E-state index in [1.165, 1.54) is 6.08 Å². The molecule has 36 heavy (non-hydrogen) atoms. The highest BCUT2D eigenvalue weighted by Gasteiger charge is 2.30. The Morgan fingerprint density at radius 1 is 1.17 bits per heavy atom. The Kier molecular flexibility index (Phi) is 5.55. The van der Waals surface area contributed by atoms with Crippen LogP contribution in [0.2, 0.25) is 0 Å². The molecule has 0 radical (unpaired) electrons. The third-order valence-corrected chi connectivity index (χ3v) is 6.91. The van der Waals surface area contributed by atoms with Gasteiger partial charge in [0.2, 0.25) is 11.9 Å². The summed E-state index contributed by atoms with van der Waals surface area (Å²) in [5.74, 6) is 1.47. The van der Waals surface area contributed by atoms with Crippen LogP contribution in [-0.2, 0) is 24.8 Å². The van der Waals surface area contributed by atoms with Gasteiger partial charge in [0, 0.05) is 68.1 Å². The molecule has 182 valence electrons. The van der Waals surface area contributed by atoms with Gasteiger partial charge in [-0.15, -0.1) is 0 Å². The van der Waals surface area contributed by atoms with E-state index in [2.05, 4.69) is 49.0 Å². The lowest BCUT2D eigenvalue weighted by Gasteiger charge is -2.30. The Morgan fingerprint density at radius 2 is 2.08 bits per heavy atom. The third kappa shape index (κ3) is 4.15. The monoisotopic (exact) mass is 481 g/mol. The summed E-state index contributed by atoms with van der Waals surface area (Å²) in [6.45, 7) is 6.42. The molecule has 1 atom stereocenters. The summed E-state index contributed by atoms with van der Waals surface area (Å²) in [5, 5.41) is 8.77. The molecule has 0 aliphatic carbocycles. The van der Waals surface area contributed by atoms with Crippen molar-refractivity contribution in [1.82, 2.24) is 34.6 Å². The fourth-order valence-electron chi connectivity index (χ4n) is 5.01. The van der Waals surface area contributed by atoms with Crippen LogP contribution in [0.15, 0.2) is 55.8 Å². The fraction of sp³-hybridized carbons (Fsp3) is 0.308. The molecule has 4 aromatic rings. The number of rotatable bonds is 5. The number of nitrogens with zero attached hydrogens (tertiary/aromatic N) is 8. The molecule has 1 aromatic carbocycles. The highest BCUT2D eigenvalue weighted by molar-refractivity contribution is 5.87. The summed E-state index contributed by atoms with van der Waals surface area (Å²) in [6, 6.07) is 6.36. The second-order valence-electron chi connectivity index (χ2n) is 9.28. The fourth-order valence-corrected chi connectivity index (χ4v) is 5.01. The minimum Gasteiger partial charge on any atom is -0.354 e. The van der Waals surface area contributed by atoms with Crippen molar-refractivity contribution in [3.05, 3.63) is 67.0 Å². The number of aromatic nitrogens is 6. The predicted octanol–water partition coefficient (Wildman–Crippen LogP) is 2.58. The first-order chi connectivity index (χ1) is 17.6. The summed E-state index contributed by atoms with van der Waals surface area (Å²) in [7, 11) is 1.91. The maximum absolute atomic E-state index is 12.2. The minimum atomic E-state index is -0.0587. The second kappa shape index (κ2) is 9.03. The van der Waals surface area contributed by atoms with Crippen LogP contribution in [0, 0.1) is 0 Å². The highest BCUT2D eigenvalue weighted by atomic mass is 16.2. The number of hydrogen-bond acceptors (Lipinski definition) is 8. The van der Waals surface area contributed by atoms with Gasteiger partial charge in [0.25, 0.3) is 0 Å². The molecular formula is C26H27N9O. The third-order valence-electron chi connectivity index (χ3n) is 6.91. The second-order valence-corrected chi connectivity index (χ2v) is 9.28. The van der Waals surface area contributed by atoms with Gasteiger partial charge in [0.1, 0.15) is 12.1 Å². The van der Waals surface area contributed by atoms with Crippen LogP contribution >= 0.6 is 0 Å². The van der Waals surface area contributed by atoms with Gasteiger partial charge in [0.05, 0.1) is 24.0 Å². The standard InChI is InChI=1S/C26H27N9O/c1-3-24(36)34-9-7-22-21(15-34)25(29-16-28-22)35-8-6-20(14-35)31-26-27-11-18-5-4-17(10-23(18)32-26)19-12-30-33(2)13-19/h3-5,10-13,16,20H,1,6-9,14-15H2,2H3,(H,27,31,32)/t20-/m1/s1. The lowest BCUT2D eigenvalue weighted by atomic mass is 10.1. The number of carbonyl (C=O) groups is 1. The number of aryl methyl sites for hydroxylation is 1. The lowest BCUT2D eigenvalue weighted by Crippen LogP contribution is -2.37. The summed E-state index contributed by atoms with van der Waals surface area (Å²) in [6.07, 6.45) is 10.4. The Morgan fingerprint density at radius 3 is 2.92 bits per heavy atom. The minimum absolute atomic E-state index is 0.0587. The SMILES string of the molecule is C=CC(=O)N1CCc2ncnc(N3CC[C@@H](Nc4ncc5ccc(-c6cnn(C)c6)cc5n4)C3)c2C1. The van der Waals surface area contributed by atoms with E-state index in [0.29, 0.717) is 19.0 Å². The van der Waals surface area contributed by atoms with E-state index in [1.54, 1.807) is 15.9 Å². The summed E-state index contributed by atoms with van der Waals surface area (Å²) in [5.41, 5.74) is 5.07. The van der Waals surface area contributed by atoms with Crippen LogP contribution in [0.5, 0.6) is 0 Å². The average molecular weight is 482 g/mol. The predicted molar refractivity (Wildman–Crippen MR) is 137 cm³/mol. The van der Waals surface area contributed by atoms with Crippen LogP contribution in [0.3, 0.4) is 0 Å². The van der Waals surface area contributed by atoms with Crippen molar-refractivity contribution in [3.8, 4) is 11.1 Å². The molecule has 0 bridgehead atoms. The molecule has 0 spiro atoms. The molecule has 1 N–H and O–H groups in total. The molecule has 2 aliphatic rings. The molecule has 5 heterocycles. The Bertz CT molecular complexity index is 1460. The number of fused-ring (bicyclic) bond motifs is 2. The van der Waals surface area contributed by atoms with Gasteiger partial charge in [-0.2, -0.15) is 5.10 Å². The van der Waals surface area contributed by atoms with Crippen molar-refractivity contribution in [2.75, 3.05) is 29.9 Å². The van der Waals surface area contributed by atoms with Crippen LogP contribution in [0.4, 0.5) is 11.8 Å². The quantitative estimate of drug-likeness (QED) is 0.434. The first-order valence-electron chi connectivity index (χ1n) is 12.1. The van der Waals surface area contributed by atoms with Crippen LogP contribution in [0.25, 0.3) is 22.0 Å². The zero-order chi connectivity index (χ0) is 24.6. The molecule has 10 nitrogen and oxygen atoms in total. The molecular weight excluding hydrogens is 454 g/mol. The number of anilines is 2. The maximum atomic E-state index is 12.2. The molecule has 1 amide bonds. The number of nitrogens with one attached hydrogen (secondary N) is 1. The Labute approximate surface area is 208 Å². The smallest absolute Gasteiger partial charge is 0.246 e. The average Bonchev–Trinajstić information content (AvgIpc) is 3.56. The zero-order valence-electron chi connectivity index (χ0n) is 20.1. The van der Waals surface area contributed by atoms with Crippen molar-refractivity contribution in [3.63, 3.8) is 0 Å². The molecule has 1 fully saturated rings. The molecule has 3 aromatic heterocycles. The van der Waals surface area contributed by atoms with Crippen LogP contribution < -0.4 is 10.2 Å². The van der Waals surface area contributed by atoms with Crippen molar-refractivity contribution in [2.45, 2.75) is 25.4 Å². The van der Waals surface area contributed by atoms with E-state index >= 15 is 0 Å². The highest BCUT2D eigenvalue weighted by Crippen LogP contribution is 2.29. The van der Waals surface area contributed by atoms with E-state index in [4.69, 9.17) is 4.98 Å². The van der Waals surface area contributed by atoms with E-state index in [0.717, 1.165) is 65.0 Å². The van der Waals surface area contributed by atoms with Crippen molar-refractivity contribution in [1.29, 1.82) is 0 Å². The molecule has 2 aliphatic heterocycles. The van der Waals surface area contributed by atoms with Gasteiger partial charge < -0.3 is 15.1 Å². The molecule has 0 unspecified atom stereocenters. The van der Waals surface area contributed by atoms with Crippen LogP contribution in [0.1, 0.15) is 17.7 Å². The maximum Gasteiger partial charge on any atom is 0.246 e. The van der Waals surface area contributed by atoms with E-state index < -0.39 is 0 Å². The molecule has 1 saturated heterocycles. The first kappa shape index (κ1) is 22.1. The first-order valence-corrected chi connectivity index (χ1v) is 12.1. The van der Waals surface area contributed by atoms with Gasteiger partial charge in [-0.25, -0.2) is 19.9 Å². The van der Waals surface area contributed by atoms with E-state index in [9.17, 15) is 4.79 Å². The van der Waals surface area contributed by atoms with Crippen molar-refractivity contribution in [2.24, 2.45) is 7.05 Å². The van der Waals surface area contributed by atoms with Gasteiger partial charge in [0.15, 0.2) is 0 Å². The van der Waals surface area contributed by atoms with Crippen LogP contribution in [-0.4, -0.2) is 66.2 Å². The van der Waals surface area contributed by atoms with Crippen molar-refractivity contribution >= 4 is 28.6 Å². The topological polar surface area (TPSA) is 105 Å². The lowest BCUT2D eigenvalue weighted by molar-refractivity contribution is -0.126.